The number of benzene rings is 2. The standard InChI is InChI=1S/C27H22N2O5S/c1-15-6-7-16(2)21(10-15)34-23-13-33-22-11-17(8-9-19(22)26(23)31)32-14-25(30)29-27-20(12-28)18-4-3-5-24(18)35-27/h6-11,13H,3-5,14H2,1-2H3,(H,29,30). The highest BCUT2D eigenvalue weighted by molar-refractivity contribution is 7.16. The fourth-order valence-corrected chi connectivity index (χ4v) is 5.37. The number of rotatable bonds is 6. The fourth-order valence-electron chi connectivity index (χ4n) is 4.11. The van der Waals surface area contributed by atoms with Crippen LogP contribution in [0, 0.1) is 25.2 Å². The van der Waals surface area contributed by atoms with Crippen LogP contribution in [0.25, 0.3) is 11.0 Å². The van der Waals surface area contributed by atoms with Crippen molar-refractivity contribution in [3.8, 4) is 23.3 Å². The number of hydrogen-bond donors (Lipinski definition) is 1. The first kappa shape index (κ1) is 22.7. The molecule has 0 spiro atoms. The van der Waals surface area contributed by atoms with Crippen LogP contribution in [0.2, 0.25) is 0 Å². The van der Waals surface area contributed by atoms with E-state index in [-0.39, 0.29) is 23.7 Å². The van der Waals surface area contributed by atoms with Crippen molar-refractivity contribution >= 4 is 33.2 Å². The lowest BCUT2D eigenvalue weighted by atomic mass is 10.1. The molecule has 1 aliphatic rings. The maximum absolute atomic E-state index is 12.9. The largest absolute Gasteiger partial charge is 0.484 e. The minimum Gasteiger partial charge on any atom is -0.484 e. The molecule has 2 aromatic carbocycles. The van der Waals surface area contributed by atoms with Crippen molar-refractivity contribution in [1.29, 1.82) is 5.26 Å². The molecule has 0 unspecified atom stereocenters. The predicted octanol–water partition coefficient (Wildman–Crippen LogP) is 5.64. The number of nitriles is 1. The third-order valence-electron chi connectivity index (χ3n) is 5.93. The Morgan fingerprint density at radius 3 is 2.86 bits per heavy atom. The zero-order chi connectivity index (χ0) is 24.5. The molecule has 1 aliphatic carbocycles. The van der Waals surface area contributed by atoms with Crippen LogP contribution >= 0.6 is 11.3 Å². The van der Waals surface area contributed by atoms with Gasteiger partial charge in [-0.25, -0.2) is 0 Å². The van der Waals surface area contributed by atoms with Gasteiger partial charge in [-0.15, -0.1) is 11.3 Å². The van der Waals surface area contributed by atoms with Crippen LogP contribution in [0.15, 0.2) is 51.9 Å². The van der Waals surface area contributed by atoms with Crippen LogP contribution in [0.3, 0.4) is 0 Å². The summed E-state index contributed by atoms with van der Waals surface area (Å²) in [4.78, 5) is 26.5. The van der Waals surface area contributed by atoms with Crippen molar-refractivity contribution in [3.05, 3.63) is 80.0 Å². The van der Waals surface area contributed by atoms with Gasteiger partial charge in [-0.3, -0.25) is 9.59 Å². The Morgan fingerprint density at radius 2 is 2.03 bits per heavy atom. The molecule has 0 saturated heterocycles. The molecule has 0 fully saturated rings. The second kappa shape index (κ2) is 9.28. The van der Waals surface area contributed by atoms with E-state index in [2.05, 4.69) is 11.4 Å². The molecule has 0 atom stereocenters. The summed E-state index contributed by atoms with van der Waals surface area (Å²) in [7, 11) is 0. The Labute approximate surface area is 205 Å². The molecule has 2 heterocycles. The number of fused-ring (bicyclic) bond motifs is 2. The van der Waals surface area contributed by atoms with E-state index in [9.17, 15) is 14.9 Å². The number of nitrogens with zero attached hydrogens (tertiary/aromatic N) is 1. The van der Waals surface area contributed by atoms with Crippen molar-refractivity contribution in [3.63, 3.8) is 0 Å². The Morgan fingerprint density at radius 1 is 1.17 bits per heavy atom. The van der Waals surface area contributed by atoms with Gasteiger partial charge in [-0.1, -0.05) is 12.1 Å². The monoisotopic (exact) mass is 486 g/mol. The minimum atomic E-state index is -0.361. The summed E-state index contributed by atoms with van der Waals surface area (Å²) >= 11 is 1.46. The van der Waals surface area contributed by atoms with Gasteiger partial charge in [0.25, 0.3) is 5.91 Å². The van der Waals surface area contributed by atoms with E-state index in [0.717, 1.165) is 36.0 Å². The first-order valence-corrected chi connectivity index (χ1v) is 12.0. The van der Waals surface area contributed by atoms with Gasteiger partial charge < -0.3 is 19.2 Å². The van der Waals surface area contributed by atoms with Gasteiger partial charge in [0, 0.05) is 10.9 Å². The molecule has 1 N–H and O–H groups in total. The van der Waals surface area contributed by atoms with Crippen LogP contribution in [0.1, 0.15) is 33.6 Å². The molecule has 0 bridgehead atoms. The Balaban J connectivity index is 1.28. The molecule has 7 nitrogen and oxygen atoms in total. The van der Waals surface area contributed by atoms with Crippen LogP contribution in [0.5, 0.6) is 17.2 Å². The molecule has 2 aromatic heterocycles. The van der Waals surface area contributed by atoms with Gasteiger partial charge in [0.05, 0.1) is 10.9 Å². The van der Waals surface area contributed by atoms with Crippen LogP contribution < -0.4 is 20.2 Å². The second-order valence-electron chi connectivity index (χ2n) is 8.47. The summed E-state index contributed by atoms with van der Waals surface area (Å²) in [6.07, 6.45) is 4.15. The zero-order valence-corrected chi connectivity index (χ0v) is 20.1. The van der Waals surface area contributed by atoms with E-state index in [0.29, 0.717) is 33.0 Å². The molecular weight excluding hydrogens is 464 g/mol. The third-order valence-corrected chi connectivity index (χ3v) is 7.14. The molecule has 0 aliphatic heterocycles. The van der Waals surface area contributed by atoms with Crippen molar-refractivity contribution in [1.82, 2.24) is 0 Å². The van der Waals surface area contributed by atoms with E-state index in [1.807, 2.05) is 32.0 Å². The molecule has 5 rings (SSSR count). The van der Waals surface area contributed by atoms with Crippen molar-refractivity contribution in [2.45, 2.75) is 33.1 Å². The lowest BCUT2D eigenvalue weighted by molar-refractivity contribution is -0.118. The number of anilines is 1. The first-order valence-electron chi connectivity index (χ1n) is 11.2. The van der Waals surface area contributed by atoms with E-state index in [1.165, 1.54) is 22.5 Å². The molecule has 176 valence electrons. The lowest BCUT2D eigenvalue weighted by Gasteiger charge is -2.10. The van der Waals surface area contributed by atoms with Gasteiger partial charge in [-0.05, 0) is 68.0 Å². The van der Waals surface area contributed by atoms with Gasteiger partial charge >= 0.3 is 0 Å². The van der Waals surface area contributed by atoms with Gasteiger partial charge in [0.2, 0.25) is 11.2 Å². The predicted molar refractivity (Wildman–Crippen MR) is 134 cm³/mol. The number of carbonyl (C=O) groups is 1. The normalized spacial score (nSPS) is 12.3. The van der Waals surface area contributed by atoms with Crippen LogP contribution in [-0.4, -0.2) is 12.5 Å². The molecule has 1 amide bonds. The fraction of sp³-hybridized carbons (Fsp3) is 0.222. The minimum absolute atomic E-state index is 0.0930. The smallest absolute Gasteiger partial charge is 0.262 e. The first-order chi connectivity index (χ1) is 16.9. The number of hydrogen-bond acceptors (Lipinski definition) is 7. The third kappa shape index (κ3) is 4.51. The highest BCUT2D eigenvalue weighted by Gasteiger charge is 2.23. The second-order valence-corrected chi connectivity index (χ2v) is 9.57. The van der Waals surface area contributed by atoms with Crippen molar-refractivity contribution in [2.75, 3.05) is 11.9 Å². The molecule has 8 heteroatoms. The van der Waals surface area contributed by atoms with Crippen LogP contribution in [-0.2, 0) is 17.6 Å². The molecule has 0 saturated carbocycles. The average Bonchev–Trinajstić information content (AvgIpc) is 3.42. The zero-order valence-electron chi connectivity index (χ0n) is 19.3. The van der Waals surface area contributed by atoms with Gasteiger partial charge in [0.1, 0.15) is 34.4 Å². The summed E-state index contributed by atoms with van der Waals surface area (Å²) in [5, 5.41) is 13.2. The van der Waals surface area contributed by atoms with E-state index in [4.69, 9.17) is 13.9 Å². The van der Waals surface area contributed by atoms with E-state index >= 15 is 0 Å². The number of thiophene rings is 1. The number of amides is 1. The lowest BCUT2D eigenvalue weighted by Crippen LogP contribution is -2.20. The topological polar surface area (TPSA) is 102 Å². The van der Waals surface area contributed by atoms with Crippen LogP contribution in [0.4, 0.5) is 5.00 Å². The summed E-state index contributed by atoms with van der Waals surface area (Å²) in [6.45, 7) is 3.62. The molecule has 4 aromatic rings. The molecule has 35 heavy (non-hydrogen) atoms. The number of carbonyl (C=O) groups excluding carboxylic acids is 1. The Hall–Kier alpha value is -4.09. The molecule has 0 radical (unpaired) electrons. The maximum Gasteiger partial charge on any atom is 0.262 e. The van der Waals surface area contributed by atoms with Gasteiger partial charge in [-0.2, -0.15) is 5.26 Å². The number of ether oxygens (including phenoxy) is 2. The Kier molecular flexibility index (Phi) is 6.01. The molecular formula is C27H22N2O5S. The van der Waals surface area contributed by atoms with E-state index < -0.39 is 0 Å². The summed E-state index contributed by atoms with van der Waals surface area (Å²) < 4.78 is 17.1. The van der Waals surface area contributed by atoms with E-state index in [1.54, 1.807) is 18.2 Å². The highest BCUT2D eigenvalue weighted by Crippen LogP contribution is 2.38. The summed E-state index contributed by atoms with van der Waals surface area (Å²) in [6, 6.07) is 12.7. The van der Waals surface area contributed by atoms with Crippen molar-refractivity contribution < 1.29 is 18.7 Å². The SMILES string of the molecule is Cc1ccc(C)c(Oc2coc3cc(OCC(=O)Nc4sc5c(c4C#N)CCC5)ccc3c2=O)c1. The number of nitrogens with one attached hydrogen (secondary N) is 1. The Bertz CT molecular complexity index is 1560. The van der Waals surface area contributed by atoms with Crippen molar-refractivity contribution in [2.24, 2.45) is 0 Å². The summed E-state index contributed by atoms with van der Waals surface area (Å²) in [5.74, 6) is 0.710. The maximum atomic E-state index is 12.9. The van der Waals surface area contributed by atoms with Gasteiger partial charge in [0.15, 0.2) is 6.61 Å². The highest BCUT2D eigenvalue weighted by atomic mass is 32.1. The number of aryl methyl sites for hydroxylation is 3. The quantitative estimate of drug-likeness (QED) is 0.378. The average molecular weight is 487 g/mol. The summed E-state index contributed by atoms with van der Waals surface area (Å²) in [5.41, 5.74) is 3.56.